The number of carbonyl (C=O) groups is 1. The van der Waals surface area contributed by atoms with Crippen molar-refractivity contribution in [3.05, 3.63) is 29.8 Å². The lowest BCUT2D eigenvalue weighted by atomic mass is 10.1. The Labute approximate surface area is 120 Å². The molecule has 4 nitrogen and oxygen atoms in total. The number of ether oxygens (including phenoxy) is 1. The molecule has 0 aliphatic heterocycles. The molecule has 7 heteroatoms. The number of benzene rings is 1. The van der Waals surface area contributed by atoms with E-state index >= 15 is 0 Å². The molecule has 21 heavy (non-hydrogen) atoms. The van der Waals surface area contributed by atoms with Gasteiger partial charge in [-0.15, -0.1) is 0 Å². The van der Waals surface area contributed by atoms with Gasteiger partial charge in [0.25, 0.3) is 0 Å². The van der Waals surface area contributed by atoms with E-state index in [9.17, 15) is 18.0 Å². The predicted octanol–water partition coefficient (Wildman–Crippen LogP) is 3.50. The fourth-order valence-corrected chi connectivity index (χ4v) is 1.54. The van der Waals surface area contributed by atoms with Crippen LogP contribution in [0.15, 0.2) is 24.3 Å². The number of anilines is 1. The van der Waals surface area contributed by atoms with Crippen LogP contribution in [0.1, 0.15) is 26.3 Å². The van der Waals surface area contributed by atoms with Gasteiger partial charge in [0.05, 0.1) is 0 Å². The molecule has 0 saturated carbocycles. The van der Waals surface area contributed by atoms with Crippen LogP contribution in [0.25, 0.3) is 0 Å². The van der Waals surface area contributed by atoms with Crippen LogP contribution in [0.3, 0.4) is 0 Å². The summed E-state index contributed by atoms with van der Waals surface area (Å²) in [6, 6.07) is 5.81. The normalized spacial score (nSPS) is 13.7. The zero-order valence-corrected chi connectivity index (χ0v) is 12.0. The van der Waals surface area contributed by atoms with Gasteiger partial charge in [0, 0.05) is 12.1 Å². The molecule has 118 valence electrons. The number of hydrogen-bond donors (Lipinski definition) is 2. The average Bonchev–Trinajstić information content (AvgIpc) is 2.25. The van der Waals surface area contributed by atoms with Crippen LogP contribution in [0.2, 0.25) is 0 Å². The summed E-state index contributed by atoms with van der Waals surface area (Å²) in [4.78, 5) is 11.6. The number of rotatable bonds is 3. The number of nitrogens with one attached hydrogen (secondary N) is 1. The van der Waals surface area contributed by atoms with Crippen molar-refractivity contribution in [2.24, 2.45) is 0 Å². The third-order valence-corrected chi connectivity index (χ3v) is 2.38. The van der Waals surface area contributed by atoms with E-state index in [2.05, 4.69) is 5.32 Å². The van der Waals surface area contributed by atoms with Gasteiger partial charge in [-0.1, -0.05) is 12.1 Å². The summed E-state index contributed by atoms with van der Waals surface area (Å²) in [5.41, 5.74) is -0.113. The lowest BCUT2D eigenvalue weighted by Crippen LogP contribution is -2.30. The van der Waals surface area contributed by atoms with E-state index in [1.54, 1.807) is 20.8 Å². The molecule has 1 atom stereocenters. The molecule has 1 aromatic rings. The van der Waals surface area contributed by atoms with Gasteiger partial charge in [-0.3, -0.25) is 5.32 Å². The van der Waals surface area contributed by atoms with Crippen molar-refractivity contribution in [3.63, 3.8) is 0 Å². The number of alkyl halides is 3. The molecule has 0 fully saturated rings. The molecule has 0 heterocycles. The lowest BCUT2D eigenvalue weighted by Gasteiger charge is -2.20. The van der Waals surface area contributed by atoms with Crippen molar-refractivity contribution in [3.8, 4) is 0 Å². The highest BCUT2D eigenvalue weighted by atomic mass is 19.4. The van der Waals surface area contributed by atoms with Crippen LogP contribution in [0, 0.1) is 0 Å². The molecule has 0 aliphatic carbocycles. The van der Waals surface area contributed by atoms with Gasteiger partial charge >= 0.3 is 12.3 Å². The summed E-state index contributed by atoms with van der Waals surface area (Å²) < 4.78 is 41.9. The van der Waals surface area contributed by atoms with Crippen LogP contribution in [-0.2, 0) is 11.2 Å². The topological polar surface area (TPSA) is 58.6 Å². The van der Waals surface area contributed by atoms with Gasteiger partial charge in [0.1, 0.15) is 5.60 Å². The zero-order valence-electron chi connectivity index (χ0n) is 12.0. The summed E-state index contributed by atoms with van der Waals surface area (Å²) >= 11 is 0. The van der Waals surface area contributed by atoms with Crippen LogP contribution >= 0.6 is 0 Å². The van der Waals surface area contributed by atoms with Crippen molar-refractivity contribution in [2.75, 3.05) is 5.32 Å². The van der Waals surface area contributed by atoms with E-state index in [0.29, 0.717) is 5.69 Å². The third kappa shape index (κ3) is 6.48. The van der Waals surface area contributed by atoms with E-state index in [-0.39, 0.29) is 5.56 Å². The molecule has 1 amide bonds. The van der Waals surface area contributed by atoms with E-state index in [1.165, 1.54) is 24.3 Å². The maximum atomic E-state index is 12.3. The first-order chi connectivity index (χ1) is 9.47. The molecule has 0 radical (unpaired) electrons. The average molecular weight is 305 g/mol. The Hall–Kier alpha value is -1.76. The number of halogens is 3. The lowest BCUT2D eigenvalue weighted by molar-refractivity contribution is -0.203. The van der Waals surface area contributed by atoms with Crippen LogP contribution in [0.5, 0.6) is 0 Å². The second-order valence-corrected chi connectivity index (χ2v) is 5.59. The highest BCUT2D eigenvalue weighted by Gasteiger charge is 2.37. The van der Waals surface area contributed by atoms with Gasteiger partial charge in [-0.05, 0) is 38.5 Å². The first-order valence-corrected chi connectivity index (χ1v) is 6.31. The number of amides is 1. The minimum atomic E-state index is -4.67. The summed E-state index contributed by atoms with van der Waals surface area (Å²) in [7, 11) is 0. The van der Waals surface area contributed by atoms with E-state index in [4.69, 9.17) is 9.84 Å². The maximum absolute atomic E-state index is 12.3. The Balaban J connectivity index is 2.71. The van der Waals surface area contributed by atoms with E-state index in [1.807, 2.05) is 0 Å². The first-order valence-electron chi connectivity index (χ1n) is 6.31. The first kappa shape index (κ1) is 17.3. The fourth-order valence-electron chi connectivity index (χ4n) is 1.54. The molecule has 0 bridgehead atoms. The van der Waals surface area contributed by atoms with Gasteiger partial charge in [0.2, 0.25) is 0 Å². The minimum absolute atomic E-state index is 0.258. The predicted molar refractivity (Wildman–Crippen MR) is 72.1 cm³/mol. The standard InChI is InChI=1S/C14H18F3NO3/c1-13(2,3)21-12(20)18-10-6-4-5-9(7-10)8-11(19)14(15,16)17/h4-7,11,19H,8H2,1-3H3,(H,18,20). The largest absolute Gasteiger partial charge is 0.444 e. The fraction of sp³-hybridized carbons (Fsp3) is 0.500. The molecule has 0 saturated heterocycles. The number of aliphatic hydroxyl groups is 1. The Kier molecular flexibility index (Phi) is 5.22. The van der Waals surface area contributed by atoms with Gasteiger partial charge < -0.3 is 9.84 Å². The van der Waals surface area contributed by atoms with Crippen LogP contribution in [-0.4, -0.2) is 29.1 Å². The van der Waals surface area contributed by atoms with E-state index < -0.39 is 30.4 Å². The van der Waals surface area contributed by atoms with Crippen LogP contribution in [0.4, 0.5) is 23.7 Å². The van der Waals surface area contributed by atoms with Crippen molar-refractivity contribution >= 4 is 11.8 Å². The molecule has 2 N–H and O–H groups in total. The van der Waals surface area contributed by atoms with Crippen molar-refractivity contribution in [1.82, 2.24) is 0 Å². The molecule has 0 aliphatic rings. The number of carbonyl (C=O) groups excluding carboxylic acids is 1. The minimum Gasteiger partial charge on any atom is -0.444 e. The summed E-state index contributed by atoms with van der Waals surface area (Å²) in [6.07, 6.45) is -8.38. The molecule has 1 unspecified atom stereocenters. The molecule has 1 rings (SSSR count). The Morgan fingerprint density at radius 2 is 1.95 bits per heavy atom. The summed E-state index contributed by atoms with van der Waals surface area (Å²) in [6.45, 7) is 5.09. The SMILES string of the molecule is CC(C)(C)OC(=O)Nc1cccc(CC(O)C(F)(F)F)c1. The highest BCUT2D eigenvalue weighted by molar-refractivity contribution is 5.84. The second kappa shape index (κ2) is 6.34. The second-order valence-electron chi connectivity index (χ2n) is 5.59. The molecule has 0 aromatic heterocycles. The van der Waals surface area contributed by atoms with Gasteiger partial charge in [-0.2, -0.15) is 13.2 Å². The third-order valence-electron chi connectivity index (χ3n) is 2.38. The maximum Gasteiger partial charge on any atom is 0.414 e. The van der Waals surface area contributed by atoms with Crippen molar-refractivity contribution < 1.29 is 27.8 Å². The molecular formula is C14H18F3NO3. The monoisotopic (exact) mass is 305 g/mol. The number of hydrogen-bond acceptors (Lipinski definition) is 3. The Bertz CT molecular complexity index is 495. The highest BCUT2D eigenvalue weighted by Crippen LogP contribution is 2.24. The summed E-state index contributed by atoms with van der Waals surface area (Å²) in [5.74, 6) is 0. The van der Waals surface area contributed by atoms with Gasteiger partial charge in [0.15, 0.2) is 6.10 Å². The van der Waals surface area contributed by atoms with Crippen LogP contribution < -0.4 is 5.32 Å². The smallest absolute Gasteiger partial charge is 0.414 e. The summed E-state index contributed by atoms with van der Waals surface area (Å²) in [5, 5.41) is 11.5. The molecule has 0 spiro atoms. The van der Waals surface area contributed by atoms with Gasteiger partial charge in [-0.25, -0.2) is 4.79 Å². The van der Waals surface area contributed by atoms with Crippen molar-refractivity contribution in [1.29, 1.82) is 0 Å². The zero-order chi connectivity index (χ0) is 16.3. The van der Waals surface area contributed by atoms with E-state index in [0.717, 1.165) is 0 Å². The quantitative estimate of drug-likeness (QED) is 0.898. The van der Waals surface area contributed by atoms with Crippen molar-refractivity contribution in [2.45, 2.75) is 45.1 Å². The molecule has 1 aromatic carbocycles. The number of aliphatic hydroxyl groups excluding tert-OH is 1. The Morgan fingerprint density at radius 3 is 2.48 bits per heavy atom. The Morgan fingerprint density at radius 1 is 1.33 bits per heavy atom. The molecular weight excluding hydrogens is 287 g/mol.